The molecular weight excluding hydrogens is 418 g/mol. The van der Waals surface area contributed by atoms with Crippen LogP contribution in [-0.2, 0) is 9.53 Å². The molecule has 0 radical (unpaired) electrons. The fraction of sp³-hybridized carbons (Fsp3) is 0.391. The predicted molar refractivity (Wildman–Crippen MR) is 118 cm³/mol. The molecular formula is C23H27NO6S. The lowest BCUT2D eigenvalue weighted by atomic mass is 9.94. The Morgan fingerprint density at radius 1 is 1.23 bits per heavy atom. The van der Waals surface area contributed by atoms with Crippen LogP contribution in [0.4, 0.5) is 0 Å². The van der Waals surface area contributed by atoms with Crippen LogP contribution in [0.2, 0.25) is 0 Å². The average Bonchev–Trinajstić information content (AvgIpc) is 3.38. The van der Waals surface area contributed by atoms with Crippen LogP contribution < -0.4 is 9.47 Å². The normalized spacial score (nSPS) is 16.4. The summed E-state index contributed by atoms with van der Waals surface area (Å²) >= 11 is 1.26. The number of nitrogens with zero attached hydrogens (tertiary/aromatic N) is 1. The Morgan fingerprint density at radius 2 is 2.00 bits per heavy atom. The van der Waals surface area contributed by atoms with Gasteiger partial charge < -0.3 is 24.2 Å². The molecule has 1 aromatic carbocycles. The van der Waals surface area contributed by atoms with Crippen molar-refractivity contribution in [2.45, 2.75) is 32.4 Å². The second kappa shape index (κ2) is 9.98. The van der Waals surface area contributed by atoms with Gasteiger partial charge in [-0.15, -0.1) is 11.3 Å². The Morgan fingerprint density at radius 3 is 2.61 bits per heavy atom. The minimum Gasteiger partial charge on any atom is -0.503 e. The molecule has 1 atom stereocenters. The molecule has 2 aromatic rings. The summed E-state index contributed by atoms with van der Waals surface area (Å²) in [6, 6.07) is 7.86. The van der Waals surface area contributed by atoms with Crippen molar-refractivity contribution in [3.8, 4) is 11.5 Å². The van der Waals surface area contributed by atoms with Gasteiger partial charge >= 0.3 is 0 Å². The van der Waals surface area contributed by atoms with Crippen molar-refractivity contribution in [1.82, 2.24) is 4.90 Å². The summed E-state index contributed by atoms with van der Waals surface area (Å²) in [5.74, 6) is -0.420. The van der Waals surface area contributed by atoms with Gasteiger partial charge in [0.25, 0.3) is 5.91 Å². The van der Waals surface area contributed by atoms with E-state index in [1.54, 1.807) is 42.8 Å². The number of ether oxygens (including phenoxy) is 3. The van der Waals surface area contributed by atoms with Crippen LogP contribution >= 0.6 is 11.3 Å². The highest BCUT2D eigenvalue weighted by Gasteiger charge is 2.44. The first-order chi connectivity index (χ1) is 14.9. The van der Waals surface area contributed by atoms with E-state index in [0.717, 1.165) is 0 Å². The van der Waals surface area contributed by atoms with Crippen LogP contribution in [0, 0.1) is 0 Å². The van der Waals surface area contributed by atoms with Crippen molar-refractivity contribution >= 4 is 23.0 Å². The monoisotopic (exact) mass is 445 g/mol. The zero-order chi connectivity index (χ0) is 22.5. The van der Waals surface area contributed by atoms with E-state index in [-0.39, 0.29) is 17.5 Å². The Balaban J connectivity index is 2.02. The number of carbonyl (C=O) groups is 2. The van der Waals surface area contributed by atoms with Gasteiger partial charge in [0.2, 0.25) is 5.78 Å². The Labute approximate surface area is 185 Å². The predicted octanol–water partition coefficient (Wildman–Crippen LogP) is 4.16. The average molecular weight is 446 g/mol. The van der Waals surface area contributed by atoms with E-state index in [9.17, 15) is 14.7 Å². The number of Topliss-reactive ketones (excluding diaryl/α,β-unsaturated/α-hetero) is 1. The smallest absolute Gasteiger partial charge is 0.290 e. The lowest BCUT2D eigenvalue weighted by Crippen LogP contribution is -2.33. The number of benzene rings is 1. The third kappa shape index (κ3) is 4.75. The van der Waals surface area contributed by atoms with E-state index in [1.165, 1.54) is 23.3 Å². The molecule has 0 unspecified atom stereocenters. The molecule has 1 amide bonds. The number of thiophene rings is 1. The fourth-order valence-electron chi connectivity index (χ4n) is 3.58. The maximum atomic E-state index is 13.3. The van der Waals surface area contributed by atoms with Gasteiger partial charge in [-0.1, -0.05) is 6.07 Å². The topological polar surface area (TPSA) is 85.3 Å². The third-order valence-electron chi connectivity index (χ3n) is 5.02. The first-order valence-electron chi connectivity index (χ1n) is 10.0. The van der Waals surface area contributed by atoms with Gasteiger partial charge in [-0.05, 0) is 43.8 Å². The molecule has 2 heterocycles. The molecule has 0 saturated heterocycles. The fourth-order valence-corrected chi connectivity index (χ4v) is 4.26. The van der Waals surface area contributed by atoms with Gasteiger partial charge in [-0.2, -0.15) is 0 Å². The highest BCUT2D eigenvalue weighted by atomic mass is 32.1. The molecule has 0 saturated carbocycles. The highest BCUT2D eigenvalue weighted by Crippen LogP contribution is 2.43. The Hall–Kier alpha value is -2.84. The van der Waals surface area contributed by atoms with Gasteiger partial charge in [0.05, 0.1) is 36.8 Å². The van der Waals surface area contributed by atoms with Crippen LogP contribution in [0.25, 0.3) is 0 Å². The summed E-state index contributed by atoms with van der Waals surface area (Å²) in [5.41, 5.74) is 0.658. The molecule has 1 N–H and O–H groups in total. The van der Waals surface area contributed by atoms with Crippen molar-refractivity contribution in [3.05, 3.63) is 57.5 Å². The zero-order valence-corrected chi connectivity index (χ0v) is 18.9. The molecule has 166 valence electrons. The molecule has 0 bridgehead atoms. The van der Waals surface area contributed by atoms with Crippen LogP contribution in [0.15, 0.2) is 47.0 Å². The first kappa shape index (κ1) is 22.8. The van der Waals surface area contributed by atoms with E-state index in [4.69, 9.17) is 14.2 Å². The summed E-state index contributed by atoms with van der Waals surface area (Å²) in [6.45, 7) is 4.66. The Kier molecular flexibility index (Phi) is 7.35. The van der Waals surface area contributed by atoms with E-state index in [1.807, 2.05) is 13.8 Å². The van der Waals surface area contributed by atoms with E-state index < -0.39 is 17.7 Å². The van der Waals surface area contributed by atoms with Crippen LogP contribution in [0.1, 0.15) is 41.5 Å². The SMILES string of the molecule is COc1ccc([C@H]2C(C(=O)c3cccs3)=C(O)C(=O)N2CCCOC(C)C)c(OC)c1. The van der Waals surface area contributed by atoms with Crippen LogP contribution in [0.3, 0.4) is 0 Å². The third-order valence-corrected chi connectivity index (χ3v) is 5.89. The molecule has 1 aliphatic rings. The van der Waals surface area contributed by atoms with E-state index in [0.29, 0.717) is 41.5 Å². The zero-order valence-electron chi connectivity index (χ0n) is 18.1. The molecule has 1 aliphatic heterocycles. The summed E-state index contributed by atoms with van der Waals surface area (Å²) < 4.78 is 16.4. The number of hydrogen-bond donors (Lipinski definition) is 1. The van der Waals surface area contributed by atoms with Crippen LogP contribution in [-0.4, -0.2) is 55.2 Å². The molecule has 0 aliphatic carbocycles. The van der Waals surface area contributed by atoms with Gasteiger partial charge in [-0.3, -0.25) is 9.59 Å². The van der Waals surface area contributed by atoms with Crippen molar-refractivity contribution in [3.63, 3.8) is 0 Å². The lowest BCUT2D eigenvalue weighted by Gasteiger charge is -2.28. The standard InChI is InChI=1S/C23H27NO6S/c1-14(2)30-11-6-10-24-20(16-9-8-15(28-3)13-17(16)29-4)19(22(26)23(24)27)21(25)18-7-5-12-31-18/h5,7-9,12-14,20,26H,6,10-11H2,1-4H3/t20-/m0/s1. The maximum Gasteiger partial charge on any atom is 0.290 e. The number of methoxy groups -OCH3 is 2. The number of aliphatic hydroxyl groups excluding tert-OH is 1. The van der Waals surface area contributed by atoms with Crippen molar-refractivity contribution in [1.29, 1.82) is 0 Å². The highest BCUT2D eigenvalue weighted by molar-refractivity contribution is 7.12. The first-order valence-corrected chi connectivity index (χ1v) is 10.9. The second-order valence-electron chi connectivity index (χ2n) is 7.35. The number of amides is 1. The Bertz CT molecular complexity index is 966. The number of carbonyl (C=O) groups excluding carboxylic acids is 2. The largest absolute Gasteiger partial charge is 0.503 e. The molecule has 0 fully saturated rings. The van der Waals surface area contributed by atoms with E-state index in [2.05, 4.69) is 0 Å². The molecule has 31 heavy (non-hydrogen) atoms. The van der Waals surface area contributed by atoms with Crippen LogP contribution in [0.5, 0.6) is 11.5 Å². The molecule has 8 heteroatoms. The molecule has 1 aromatic heterocycles. The summed E-state index contributed by atoms with van der Waals surface area (Å²) in [4.78, 5) is 28.2. The number of aliphatic hydroxyl groups is 1. The van der Waals surface area contributed by atoms with E-state index >= 15 is 0 Å². The van der Waals surface area contributed by atoms with Gasteiger partial charge in [0.1, 0.15) is 11.5 Å². The van der Waals surface area contributed by atoms with Crippen molar-refractivity contribution in [2.24, 2.45) is 0 Å². The molecule has 0 spiro atoms. The summed E-state index contributed by atoms with van der Waals surface area (Å²) in [5, 5.41) is 12.5. The minimum atomic E-state index is -0.776. The molecule has 7 nitrogen and oxygen atoms in total. The quantitative estimate of drug-likeness (QED) is 0.437. The molecule has 3 rings (SSSR count). The summed E-state index contributed by atoms with van der Waals surface area (Å²) in [7, 11) is 3.06. The van der Waals surface area contributed by atoms with Gasteiger partial charge in [0, 0.05) is 24.8 Å². The second-order valence-corrected chi connectivity index (χ2v) is 8.30. The lowest BCUT2D eigenvalue weighted by molar-refractivity contribution is -0.129. The number of hydrogen-bond acceptors (Lipinski definition) is 7. The number of ketones is 1. The maximum absolute atomic E-state index is 13.3. The van der Waals surface area contributed by atoms with Gasteiger partial charge in [-0.25, -0.2) is 0 Å². The minimum absolute atomic E-state index is 0.0562. The van der Waals surface area contributed by atoms with Crippen molar-refractivity contribution in [2.75, 3.05) is 27.4 Å². The van der Waals surface area contributed by atoms with Gasteiger partial charge in [0.15, 0.2) is 5.76 Å². The number of rotatable bonds is 10. The summed E-state index contributed by atoms with van der Waals surface area (Å²) in [6.07, 6.45) is 0.640. The van der Waals surface area contributed by atoms with Crippen molar-refractivity contribution < 1.29 is 28.9 Å².